The zero-order chi connectivity index (χ0) is 16.7. The molecule has 7 heteroatoms. The molecule has 0 unspecified atom stereocenters. The van der Waals surface area contributed by atoms with Gasteiger partial charge in [0.2, 0.25) is 11.8 Å². The SMILES string of the molecule is CNC(=O)[C@H](CC(C)C)NC(=O)[C@H](C(C)C)N(C)C(=O)O. The minimum absolute atomic E-state index is 0.199. The Morgan fingerprint density at radius 3 is 1.95 bits per heavy atom. The van der Waals surface area contributed by atoms with Gasteiger partial charge in [0.05, 0.1) is 0 Å². The first-order chi connectivity index (χ1) is 9.61. The molecule has 0 aromatic carbocycles. The number of amides is 3. The van der Waals surface area contributed by atoms with Crippen LogP contribution in [0.1, 0.15) is 34.1 Å². The highest BCUT2D eigenvalue weighted by molar-refractivity contribution is 5.91. The number of carbonyl (C=O) groups is 3. The van der Waals surface area contributed by atoms with Gasteiger partial charge < -0.3 is 15.7 Å². The number of carbonyl (C=O) groups excluding carboxylic acids is 2. The molecule has 21 heavy (non-hydrogen) atoms. The fourth-order valence-corrected chi connectivity index (χ4v) is 2.18. The van der Waals surface area contributed by atoms with E-state index in [9.17, 15) is 14.4 Å². The van der Waals surface area contributed by atoms with Gasteiger partial charge in [0.25, 0.3) is 0 Å². The Morgan fingerprint density at radius 1 is 1.10 bits per heavy atom. The maximum absolute atomic E-state index is 12.3. The van der Waals surface area contributed by atoms with Crippen molar-refractivity contribution in [1.29, 1.82) is 0 Å². The van der Waals surface area contributed by atoms with E-state index in [1.807, 2.05) is 13.8 Å². The highest BCUT2D eigenvalue weighted by atomic mass is 16.4. The fourth-order valence-electron chi connectivity index (χ4n) is 2.18. The zero-order valence-electron chi connectivity index (χ0n) is 13.6. The lowest BCUT2D eigenvalue weighted by atomic mass is 9.99. The third-order valence-corrected chi connectivity index (χ3v) is 3.21. The largest absolute Gasteiger partial charge is 0.465 e. The summed E-state index contributed by atoms with van der Waals surface area (Å²) >= 11 is 0. The van der Waals surface area contributed by atoms with Crippen LogP contribution >= 0.6 is 0 Å². The molecule has 3 N–H and O–H groups in total. The zero-order valence-corrected chi connectivity index (χ0v) is 13.6. The maximum Gasteiger partial charge on any atom is 0.407 e. The topological polar surface area (TPSA) is 98.7 Å². The molecule has 0 aromatic rings. The van der Waals surface area contributed by atoms with Gasteiger partial charge in [0, 0.05) is 14.1 Å². The maximum atomic E-state index is 12.3. The van der Waals surface area contributed by atoms with E-state index >= 15 is 0 Å². The number of carboxylic acid groups (broad SMARTS) is 1. The summed E-state index contributed by atoms with van der Waals surface area (Å²) in [4.78, 5) is 36.2. The standard InChI is InChI=1S/C14H27N3O4/c1-8(2)7-10(12(18)15-5)16-13(19)11(9(3)4)17(6)14(20)21/h8-11H,7H2,1-6H3,(H,15,18)(H,16,19)(H,20,21)/t10-,11-/m0/s1. The third kappa shape index (κ3) is 6.01. The van der Waals surface area contributed by atoms with E-state index in [0.717, 1.165) is 4.90 Å². The molecule has 0 saturated heterocycles. The van der Waals surface area contributed by atoms with Gasteiger partial charge in [0.15, 0.2) is 0 Å². The number of likely N-dealkylation sites (N-methyl/N-ethyl adjacent to an activating group) is 2. The molecule has 0 aliphatic carbocycles. The van der Waals surface area contributed by atoms with Gasteiger partial charge in [-0.05, 0) is 18.3 Å². The van der Waals surface area contributed by atoms with Gasteiger partial charge in [-0.3, -0.25) is 14.5 Å². The predicted octanol–water partition coefficient (Wildman–Crippen LogP) is 0.898. The van der Waals surface area contributed by atoms with Crippen LogP contribution in [-0.2, 0) is 9.59 Å². The molecule has 0 aromatic heterocycles. The predicted molar refractivity (Wildman–Crippen MR) is 79.9 cm³/mol. The van der Waals surface area contributed by atoms with Gasteiger partial charge in [-0.2, -0.15) is 0 Å². The van der Waals surface area contributed by atoms with Crippen molar-refractivity contribution in [2.45, 2.75) is 46.2 Å². The van der Waals surface area contributed by atoms with Crippen LogP contribution in [0, 0.1) is 11.8 Å². The lowest BCUT2D eigenvalue weighted by Crippen LogP contribution is -2.55. The molecule has 0 fully saturated rings. The molecule has 0 aliphatic rings. The summed E-state index contributed by atoms with van der Waals surface area (Å²) in [7, 11) is 2.86. The summed E-state index contributed by atoms with van der Waals surface area (Å²) in [6.07, 6.45) is -0.684. The van der Waals surface area contributed by atoms with E-state index in [-0.39, 0.29) is 17.7 Å². The Hall–Kier alpha value is -1.79. The molecule has 0 rings (SSSR count). The average molecular weight is 301 g/mol. The minimum atomic E-state index is -1.18. The van der Waals surface area contributed by atoms with Crippen LogP contribution in [0.2, 0.25) is 0 Å². The number of rotatable bonds is 7. The summed E-state index contributed by atoms with van der Waals surface area (Å²) < 4.78 is 0. The minimum Gasteiger partial charge on any atom is -0.465 e. The molecule has 0 saturated carbocycles. The van der Waals surface area contributed by atoms with Crippen molar-refractivity contribution in [1.82, 2.24) is 15.5 Å². The summed E-state index contributed by atoms with van der Waals surface area (Å²) in [6.45, 7) is 7.43. The first-order valence-corrected chi connectivity index (χ1v) is 7.09. The normalized spacial score (nSPS) is 13.7. The van der Waals surface area contributed by atoms with Crippen molar-refractivity contribution in [3.05, 3.63) is 0 Å². The van der Waals surface area contributed by atoms with Crippen molar-refractivity contribution >= 4 is 17.9 Å². The van der Waals surface area contributed by atoms with Crippen molar-refractivity contribution < 1.29 is 19.5 Å². The molecule has 0 radical (unpaired) electrons. The van der Waals surface area contributed by atoms with Gasteiger partial charge in [-0.1, -0.05) is 27.7 Å². The molecule has 122 valence electrons. The van der Waals surface area contributed by atoms with Crippen molar-refractivity contribution in [3.8, 4) is 0 Å². The first-order valence-electron chi connectivity index (χ1n) is 7.09. The lowest BCUT2D eigenvalue weighted by molar-refractivity contribution is -0.132. The molecule has 2 atom stereocenters. The Kier molecular flexibility index (Phi) is 7.76. The number of nitrogens with zero attached hydrogens (tertiary/aromatic N) is 1. The smallest absolute Gasteiger partial charge is 0.407 e. The van der Waals surface area contributed by atoms with Crippen molar-refractivity contribution in [2.75, 3.05) is 14.1 Å². The Morgan fingerprint density at radius 2 is 1.62 bits per heavy atom. The monoisotopic (exact) mass is 301 g/mol. The molecule has 0 heterocycles. The quantitative estimate of drug-likeness (QED) is 0.650. The van der Waals surface area contributed by atoms with Crippen molar-refractivity contribution in [3.63, 3.8) is 0 Å². The summed E-state index contributed by atoms with van der Waals surface area (Å²) in [6, 6.07) is -1.49. The van der Waals surface area contributed by atoms with Crippen LogP contribution in [-0.4, -0.2) is 54.1 Å². The molecular formula is C14H27N3O4. The van der Waals surface area contributed by atoms with Crippen LogP contribution in [0.15, 0.2) is 0 Å². The van der Waals surface area contributed by atoms with Gasteiger partial charge in [-0.15, -0.1) is 0 Å². The molecule has 0 bridgehead atoms. The highest BCUT2D eigenvalue weighted by Gasteiger charge is 2.32. The van der Waals surface area contributed by atoms with E-state index in [4.69, 9.17) is 5.11 Å². The van der Waals surface area contributed by atoms with E-state index in [2.05, 4.69) is 10.6 Å². The average Bonchev–Trinajstić information content (AvgIpc) is 2.35. The molecule has 3 amide bonds. The molecule has 0 spiro atoms. The second-order valence-electron chi connectivity index (χ2n) is 5.89. The van der Waals surface area contributed by atoms with Crippen LogP contribution in [0.3, 0.4) is 0 Å². The Bertz CT molecular complexity index is 382. The van der Waals surface area contributed by atoms with Crippen LogP contribution in [0.5, 0.6) is 0 Å². The Labute approximate surface area is 126 Å². The number of hydrogen-bond acceptors (Lipinski definition) is 3. The summed E-state index contributed by atoms with van der Waals surface area (Å²) in [5.74, 6) is -0.709. The third-order valence-electron chi connectivity index (χ3n) is 3.21. The molecule has 0 aliphatic heterocycles. The summed E-state index contributed by atoms with van der Waals surface area (Å²) in [5, 5.41) is 14.2. The lowest BCUT2D eigenvalue weighted by Gasteiger charge is -2.30. The first kappa shape index (κ1) is 19.2. The van der Waals surface area contributed by atoms with Crippen molar-refractivity contribution in [2.24, 2.45) is 11.8 Å². The number of nitrogens with one attached hydrogen (secondary N) is 2. The number of hydrogen-bond donors (Lipinski definition) is 3. The highest BCUT2D eigenvalue weighted by Crippen LogP contribution is 2.12. The van der Waals surface area contributed by atoms with Crippen LogP contribution in [0.4, 0.5) is 4.79 Å². The molecule has 7 nitrogen and oxygen atoms in total. The second-order valence-corrected chi connectivity index (χ2v) is 5.89. The van der Waals surface area contributed by atoms with E-state index in [0.29, 0.717) is 6.42 Å². The van der Waals surface area contributed by atoms with Crippen LogP contribution < -0.4 is 10.6 Å². The van der Waals surface area contributed by atoms with Gasteiger partial charge in [0.1, 0.15) is 12.1 Å². The van der Waals surface area contributed by atoms with E-state index in [1.54, 1.807) is 13.8 Å². The second kappa shape index (κ2) is 8.49. The van der Waals surface area contributed by atoms with Gasteiger partial charge >= 0.3 is 6.09 Å². The fraction of sp³-hybridized carbons (Fsp3) is 0.786. The van der Waals surface area contributed by atoms with E-state index in [1.165, 1.54) is 14.1 Å². The van der Waals surface area contributed by atoms with Crippen LogP contribution in [0.25, 0.3) is 0 Å². The summed E-state index contributed by atoms with van der Waals surface area (Å²) in [5.41, 5.74) is 0. The van der Waals surface area contributed by atoms with E-state index < -0.39 is 24.1 Å². The Balaban J connectivity index is 5.07. The molecular weight excluding hydrogens is 274 g/mol. The van der Waals surface area contributed by atoms with Gasteiger partial charge in [-0.25, -0.2) is 4.79 Å².